The van der Waals surface area contributed by atoms with Crippen LogP contribution in [0.3, 0.4) is 0 Å². The number of carbonyl (C=O) groups is 1. The average molecular weight is 373 g/mol. The Labute approximate surface area is 130 Å². The van der Waals surface area contributed by atoms with Gasteiger partial charge < -0.3 is 9.73 Å². The first-order chi connectivity index (χ1) is 9.99. The Bertz CT molecular complexity index is 696. The van der Waals surface area contributed by atoms with E-state index in [1.54, 1.807) is 18.2 Å². The van der Waals surface area contributed by atoms with Crippen LogP contribution in [0.4, 0.5) is 0 Å². The Hall–Kier alpha value is -1.64. The molecule has 8 heteroatoms. The van der Waals surface area contributed by atoms with Crippen molar-refractivity contribution >= 4 is 31.9 Å². The van der Waals surface area contributed by atoms with Crippen LogP contribution >= 0.6 is 15.9 Å². The molecule has 0 radical (unpaired) electrons. The number of nitrogens with one attached hydrogen (secondary N) is 2. The lowest BCUT2D eigenvalue weighted by Gasteiger charge is -2.07. The number of hydrogen-bond acceptors (Lipinski definition) is 4. The highest BCUT2D eigenvalue weighted by atomic mass is 79.9. The SMILES string of the molecule is O=C(NCCNS(=O)(=O)c1ccc(Br)cc1)c1ccco1. The largest absolute Gasteiger partial charge is 0.459 e. The van der Waals surface area contributed by atoms with E-state index in [0.29, 0.717) is 0 Å². The summed E-state index contributed by atoms with van der Waals surface area (Å²) in [6, 6.07) is 9.41. The second kappa shape index (κ2) is 6.88. The minimum atomic E-state index is -3.57. The topological polar surface area (TPSA) is 88.4 Å². The molecule has 6 nitrogen and oxygen atoms in total. The molecule has 1 amide bonds. The molecule has 2 aromatic rings. The zero-order chi connectivity index (χ0) is 15.3. The fourth-order valence-corrected chi connectivity index (χ4v) is 2.85. The molecule has 21 heavy (non-hydrogen) atoms. The highest BCUT2D eigenvalue weighted by Crippen LogP contribution is 2.14. The lowest BCUT2D eigenvalue weighted by Crippen LogP contribution is -2.34. The average Bonchev–Trinajstić information content (AvgIpc) is 2.98. The van der Waals surface area contributed by atoms with Crippen LogP contribution in [0.2, 0.25) is 0 Å². The van der Waals surface area contributed by atoms with Gasteiger partial charge in [0, 0.05) is 17.6 Å². The number of carbonyl (C=O) groups excluding carboxylic acids is 1. The number of hydrogen-bond donors (Lipinski definition) is 2. The summed E-state index contributed by atoms with van der Waals surface area (Å²) in [5.74, 6) is -0.200. The van der Waals surface area contributed by atoms with Gasteiger partial charge in [0.1, 0.15) is 0 Å². The van der Waals surface area contributed by atoms with Gasteiger partial charge in [-0.05, 0) is 36.4 Å². The molecule has 0 saturated heterocycles. The van der Waals surface area contributed by atoms with Crippen LogP contribution in [-0.2, 0) is 10.0 Å². The molecule has 0 aliphatic carbocycles. The Morgan fingerprint density at radius 1 is 1.14 bits per heavy atom. The first kappa shape index (κ1) is 15.7. The Balaban J connectivity index is 1.82. The maximum Gasteiger partial charge on any atom is 0.287 e. The molecular weight excluding hydrogens is 360 g/mol. The lowest BCUT2D eigenvalue weighted by molar-refractivity contribution is 0.0926. The summed E-state index contributed by atoms with van der Waals surface area (Å²) in [7, 11) is -3.57. The van der Waals surface area contributed by atoms with Crippen molar-refractivity contribution in [3.05, 3.63) is 52.9 Å². The van der Waals surface area contributed by atoms with E-state index in [-0.39, 0.29) is 29.7 Å². The van der Waals surface area contributed by atoms with Crippen LogP contribution in [-0.4, -0.2) is 27.4 Å². The third-order valence-corrected chi connectivity index (χ3v) is 4.58. The molecule has 0 fully saturated rings. The predicted octanol–water partition coefficient (Wildman–Crippen LogP) is 1.75. The molecule has 0 aliphatic rings. The van der Waals surface area contributed by atoms with E-state index in [0.717, 1.165) is 4.47 Å². The van der Waals surface area contributed by atoms with Gasteiger partial charge in [0.15, 0.2) is 5.76 Å². The van der Waals surface area contributed by atoms with Crippen LogP contribution in [0, 0.1) is 0 Å². The van der Waals surface area contributed by atoms with Crippen LogP contribution < -0.4 is 10.0 Å². The Kier molecular flexibility index (Phi) is 5.16. The molecular formula is C13H13BrN2O4S. The molecule has 0 unspecified atom stereocenters. The van der Waals surface area contributed by atoms with Gasteiger partial charge in [0.2, 0.25) is 10.0 Å². The lowest BCUT2D eigenvalue weighted by atomic mass is 10.4. The fourth-order valence-electron chi connectivity index (χ4n) is 1.55. The number of furan rings is 1. The van der Waals surface area contributed by atoms with Crippen molar-refractivity contribution in [2.75, 3.05) is 13.1 Å². The number of sulfonamides is 1. The monoisotopic (exact) mass is 372 g/mol. The van der Waals surface area contributed by atoms with Crippen molar-refractivity contribution < 1.29 is 17.6 Å². The van der Waals surface area contributed by atoms with Crippen LogP contribution in [0.25, 0.3) is 0 Å². The van der Waals surface area contributed by atoms with E-state index >= 15 is 0 Å². The highest BCUT2D eigenvalue weighted by Gasteiger charge is 2.13. The summed E-state index contributed by atoms with van der Waals surface area (Å²) in [5, 5.41) is 2.55. The number of rotatable bonds is 6. The van der Waals surface area contributed by atoms with E-state index in [2.05, 4.69) is 26.0 Å². The van der Waals surface area contributed by atoms with Crippen molar-refractivity contribution in [3.8, 4) is 0 Å². The smallest absolute Gasteiger partial charge is 0.287 e. The van der Waals surface area contributed by atoms with Gasteiger partial charge in [0.25, 0.3) is 5.91 Å². The van der Waals surface area contributed by atoms with Gasteiger partial charge in [-0.25, -0.2) is 13.1 Å². The fraction of sp³-hybridized carbons (Fsp3) is 0.154. The maximum atomic E-state index is 12.0. The van der Waals surface area contributed by atoms with Gasteiger partial charge in [-0.3, -0.25) is 4.79 Å². The van der Waals surface area contributed by atoms with Gasteiger partial charge in [0.05, 0.1) is 11.2 Å². The van der Waals surface area contributed by atoms with Gasteiger partial charge in [-0.1, -0.05) is 15.9 Å². The summed E-state index contributed by atoms with van der Waals surface area (Å²) in [6.45, 7) is 0.250. The second-order valence-corrected chi connectivity index (χ2v) is 6.77. The predicted molar refractivity (Wildman–Crippen MR) is 80.4 cm³/mol. The van der Waals surface area contributed by atoms with Crippen LogP contribution in [0.1, 0.15) is 10.6 Å². The summed E-state index contributed by atoms with van der Waals surface area (Å²) < 4.78 is 32.0. The molecule has 1 aromatic heterocycles. The second-order valence-electron chi connectivity index (χ2n) is 4.08. The molecule has 0 spiro atoms. The van der Waals surface area contributed by atoms with Crippen molar-refractivity contribution in [2.45, 2.75) is 4.90 Å². The molecule has 0 aliphatic heterocycles. The van der Waals surface area contributed by atoms with Gasteiger partial charge in [-0.2, -0.15) is 0 Å². The van der Waals surface area contributed by atoms with Crippen molar-refractivity contribution in [1.82, 2.24) is 10.0 Å². The van der Waals surface area contributed by atoms with Crippen molar-refractivity contribution in [2.24, 2.45) is 0 Å². The summed E-state index contributed by atoms with van der Waals surface area (Å²) in [4.78, 5) is 11.7. The molecule has 1 heterocycles. The Morgan fingerprint density at radius 2 is 1.86 bits per heavy atom. The van der Waals surface area contributed by atoms with Crippen LogP contribution in [0.5, 0.6) is 0 Å². The number of halogens is 1. The third-order valence-electron chi connectivity index (χ3n) is 2.57. The molecule has 112 valence electrons. The number of benzene rings is 1. The maximum absolute atomic E-state index is 12.0. The van der Waals surface area contributed by atoms with E-state index in [4.69, 9.17) is 4.42 Å². The zero-order valence-corrected chi connectivity index (χ0v) is 13.3. The standard InChI is InChI=1S/C13H13BrN2O4S/c14-10-3-5-11(6-4-10)21(18,19)16-8-7-15-13(17)12-2-1-9-20-12/h1-6,9,16H,7-8H2,(H,15,17). The first-order valence-electron chi connectivity index (χ1n) is 6.06. The van der Waals surface area contributed by atoms with Gasteiger partial charge >= 0.3 is 0 Å². The summed E-state index contributed by atoms with van der Waals surface area (Å²) >= 11 is 3.24. The number of amides is 1. The van der Waals surface area contributed by atoms with E-state index in [1.807, 2.05) is 0 Å². The van der Waals surface area contributed by atoms with Gasteiger partial charge in [-0.15, -0.1) is 0 Å². The minimum absolute atomic E-state index is 0.0881. The van der Waals surface area contributed by atoms with Crippen molar-refractivity contribution in [1.29, 1.82) is 0 Å². The van der Waals surface area contributed by atoms with E-state index in [1.165, 1.54) is 24.5 Å². The third kappa shape index (κ3) is 4.42. The molecule has 0 bridgehead atoms. The zero-order valence-electron chi connectivity index (χ0n) is 10.9. The summed E-state index contributed by atoms with van der Waals surface area (Å²) in [5.41, 5.74) is 0. The molecule has 0 atom stereocenters. The van der Waals surface area contributed by atoms with Crippen molar-refractivity contribution in [3.63, 3.8) is 0 Å². The van der Waals surface area contributed by atoms with E-state index in [9.17, 15) is 13.2 Å². The molecule has 2 rings (SSSR count). The normalized spacial score (nSPS) is 11.3. The Morgan fingerprint density at radius 3 is 2.48 bits per heavy atom. The minimum Gasteiger partial charge on any atom is -0.459 e. The van der Waals surface area contributed by atoms with E-state index < -0.39 is 10.0 Å². The molecule has 2 N–H and O–H groups in total. The summed E-state index contributed by atoms with van der Waals surface area (Å²) in [6.07, 6.45) is 1.39. The molecule has 1 aromatic carbocycles. The quantitative estimate of drug-likeness (QED) is 0.756. The highest BCUT2D eigenvalue weighted by molar-refractivity contribution is 9.10. The first-order valence-corrected chi connectivity index (χ1v) is 8.33. The molecule has 0 saturated carbocycles. The van der Waals surface area contributed by atoms with Crippen LogP contribution in [0.15, 0.2) is 56.4 Å².